The number of aliphatic carboxylic acids is 1. The van der Waals surface area contributed by atoms with Crippen LogP contribution in [0.2, 0.25) is 0 Å². The molecule has 0 radical (unpaired) electrons. The fourth-order valence-electron chi connectivity index (χ4n) is 0.597. The first kappa shape index (κ1) is 10.9. The number of hydrogen-bond donors (Lipinski definition) is 4. The molecular weight excluding hydrogens is 184 g/mol. The van der Waals surface area contributed by atoms with Crippen molar-refractivity contribution in [2.24, 2.45) is 0 Å². The second kappa shape index (κ2) is 4.70. The number of thiol groups is 1. The summed E-state index contributed by atoms with van der Waals surface area (Å²) in [5, 5.41) is 10.5. The fraction of sp³-hybridized carbons (Fsp3) is 0.600. The normalized spacial score (nSPS) is 14.8. The number of amides is 1. The molecule has 2 atom stereocenters. The van der Waals surface area contributed by atoms with Crippen LogP contribution in [0, 0.1) is 4.78 Å². The SMILES string of the molecule is CC(=O)NC(C[SH](=N)=O)C(=O)O. The molecule has 0 aromatic carbocycles. The van der Waals surface area contributed by atoms with Crippen molar-refractivity contribution in [3.8, 4) is 0 Å². The first-order valence-electron chi connectivity index (χ1n) is 3.09. The minimum atomic E-state index is -2.30. The Hall–Kier alpha value is -1.11. The van der Waals surface area contributed by atoms with Crippen molar-refractivity contribution in [2.45, 2.75) is 13.0 Å². The molecule has 0 aliphatic carbocycles. The van der Waals surface area contributed by atoms with Crippen LogP contribution in [0.3, 0.4) is 0 Å². The van der Waals surface area contributed by atoms with Crippen molar-refractivity contribution in [2.75, 3.05) is 5.75 Å². The zero-order chi connectivity index (χ0) is 9.72. The van der Waals surface area contributed by atoms with Gasteiger partial charge in [0.1, 0.15) is 6.04 Å². The summed E-state index contributed by atoms with van der Waals surface area (Å²) in [4.78, 5) is 20.8. The number of carboxylic acid groups (broad SMARTS) is 1. The predicted octanol–water partition coefficient (Wildman–Crippen LogP) is -1.18. The van der Waals surface area contributed by atoms with Crippen LogP contribution in [-0.4, -0.2) is 33.0 Å². The van der Waals surface area contributed by atoms with E-state index in [1.807, 2.05) is 0 Å². The Balaban J connectivity index is 4.23. The van der Waals surface area contributed by atoms with Gasteiger partial charge in [-0.05, 0) is 0 Å². The lowest BCUT2D eigenvalue weighted by Gasteiger charge is -2.09. The van der Waals surface area contributed by atoms with E-state index in [0.717, 1.165) is 6.92 Å². The molecule has 1 amide bonds. The number of carbonyl (C=O) groups is 2. The van der Waals surface area contributed by atoms with E-state index >= 15 is 0 Å². The van der Waals surface area contributed by atoms with Crippen LogP contribution >= 0.6 is 0 Å². The van der Waals surface area contributed by atoms with Gasteiger partial charge in [0, 0.05) is 17.5 Å². The van der Waals surface area contributed by atoms with Crippen LogP contribution in [0.15, 0.2) is 0 Å². The van der Waals surface area contributed by atoms with Gasteiger partial charge in [-0.3, -0.25) is 13.8 Å². The van der Waals surface area contributed by atoms with Gasteiger partial charge in [0.15, 0.2) is 0 Å². The Bertz CT molecular complexity index is 252. The highest BCUT2D eigenvalue weighted by atomic mass is 32.2. The van der Waals surface area contributed by atoms with Crippen molar-refractivity contribution in [1.29, 1.82) is 4.78 Å². The highest BCUT2D eigenvalue weighted by Gasteiger charge is 2.17. The van der Waals surface area contributed by atoms with E-state index in [0.29, 0.717) is 0 Å². The van der Waals surface area contributed by atoms with E-state index in [-0.39, 0.29) is 5.75 Å². The average Bonchev–Trinajstić information content (AvgIpc) is 1.83. The summed E-state index contributed by atoms with van der Waals surface area (Å²) in [5.41, 5.74) is 0. The summed E-state index contributed by atoms with van der Waals surface area (Å²) in [5.74, 6) is -2.15. The van der Waals surface area contributed by atoms with Crippen LogP contribution in [0.1, 0.15) is 6.92 Å². The lowest BCUT2D eigenvalue weighted by atomic mass is 10.3. The van der Waals surface area contributed by atoms with Crippen molar-refractivity contribution in [3.63, 3.8) is 0 Å². The molecule has 0 aromatic heterocycles. The van der Waals surface area contributed by atoms with Gasteiger partial charge in [-0.1, -0.05) is 0 Å². The number of rotatable bonds is 4. The molecule has 0 heterocycles. The van der Waals surface area contributed by atoms with Gasteiger partial charge in [-0.2, -0.15) is 0 Å². The van der Waals surface area contributed by atoms with Crippen molar-refractivity contribution < 1.29 is 18.9 Å². The molecular formula is C5H10N2O4S. The molecule has 0 aromatic rings. The average molecular weight is 194 g/mol. The molecule has 0 aliphatic rings. The van der Waals surface area contributed by atoms with Crippen molar-refractivity contribution in [3.05, 3.63) is 0 Å². The highest BCUT2D eigenvalue weighted by molar-refractivity contribution is 7.73. The molecule has 12 heavy (non-hydrogen) atoms. The third-order valence-corrected chi connectivity index (χ3v) is 1.72. The Morgan fingerprint density at radius 2 is 2.17 bits per heavy atom. The Morgan fingerprint density at radius 3 is 2.42 bits per heavy atom. The first-order chi connectivity index (χ1) is 5.43. The molecule has 0 rings (SSSR count). The van der Waals surface area contributed by atoms with E-state index < -0.39 is 28.5 Å². The van der Waals surface area contributed by atoms with Gasteiger partial charge < -0.3 is 10.4 Å². The summed E-state index contributed by atoms with van der Waals surface area (Å²) in [6.07, 6.45) is 0. The van der Waals surface area contributed by atoms with Gasteiger partial charge in [0.25, 0.3) is 0 Å². The van der Waals surface area contributed by atoms with E-state index in [4.69, 9.17) is 9.89 Å². The molecule has 70 valence electrons. The number of carboxylic acids is 1. The molecule has 2 unspecified atom stereocenters. The maximum Gasteiger partial charge on any atom is 0.327 e. The summed E-state index contributed by atoms with van der Waals surface area (Å²) in [6, 6.07) is -1.22. The van der Waals surface area contributed by atoms with Gasteiger partial charge in [-0.25, -0.2) is 4.79 Å². The van der Waals surface area contributed by atoms with Crippen LogP contribution in [-0.2, 0) is 20.2 Å². The Morgan fingerprint density at radius 1 is 1.67 bits per heavy atom. The second-order valence-corrected chi connectivity index (χ2v) is 3.27. The molecule has 0 fully saturated rings. The smallest absolute Gasteiger partial charge is 0.327 e. The maximum atomic E-state index is 10.4. The van der Waals surface area contributed by atoms with Gasteiger partial charge in [0.05, 0.1) is 5.75 Å². The topological polar surface area (TPSA) is 107 Å². The Labute approximate surface area is 71.0 Å². The summed E-state index contributed by atoms with van der Waals surface area (Å²) in [7, 11) is -2.30. The summed E-state index contributed by atoms with van der Waals surface area (Å²) < 4.78 is 17.0. The molecule has 0 aliphatic heterocycles. The summed E-state index contributed by atoms with van der Waals surface area (Å²) in [6.45, 7) is 1.16. The zero-order valence-electron chi connectivity index (χ0n) is 6.40. The molecule has 0 bridgehead atoms. The minimum absolute atomic E-state index is 0.357. The second-order valence-electron chi connectivity index (χ2n) is 2.15. The Kier molecular flexibility index (Phi) is 4.27. The largest absolute Gasteiger partial charge is 0.480 e. The third kappa shape index (κ3) is 4.67. The van der Waals surface area contributed by atoms with Crippen LogP contribution in [0.5, 0.6) is 0 Å². The predicted molar refractivity (Wildman–Crippen MR) is 42.4 cm³/mol. The minimum Gasteiger partial charge on any atom is -0.480 e. The quantitative estimate of drug-likeness (QED) is 0.422. The zero-order valence-corrected chi connectivity index (χ0v) is 7.30. The van der Waals surface area contributed by atoms with Crippen LogP contribution in [0.4, 0.5) is 0 Å². The van der Waals surface area contributed by atoms with Crippen molar-refractivity contribution in [1.82, 2.24) is 5.32 Å². The van der Waals surface area contributed by atoms with E-state index in [1.54, 1.807) is 0 Å². The number of hydrogen-bond acceptors (Lipinski definition) is 4. The monoisotopic (exact) mass is 194 g/mol. The number of nitrogens with one attached hydrogen (secondary N) is 2. The molecule has 7 heteroatoms. The lowest BCUT2D eigenvalue weighted by Crippen LogP contribution is -2.42. The van der Waals surface area contributed by atoms with Gasteiger partial charge >= 0.3 is 5.97 Å². The van der Waals surface area contributed by atoms with Crippen LogP contribution in [0.25, 0.3) is 0 Å². The maximum absolute atomic E-state index is 10.4. The summed E-state index contributed by atoms with van der Waals surface area (Å²) >= 11 is 0. The van der Waals surface area contributed by atoms with E-state index in [2.05, 4.69) is 5.32 Å². The lowest BCUT2D eigenvalue weighted by molar-refractivity contribution is -0.140. The van der Waals surface area contributed by atoms with Gasteiger partial charge in [0.2, 0.25) is 5.91 Å². The number of carbonyl (C=O) groups excluding carboxylic acids is 1. The molecule has 0 saturated carbocycles. The van der Waals surface area contributed by atoms with Crippen LogP contribution < -0.4 is 5.32 Å². The fourth-order valence-corrected chi connectivity index (χ4v) is 1.18. The molecule has 6 nitrogen and oxygen atoms in total. The van der Waals surface area contributed by atoms with E-state index in [1.165, 1.54) is 0 Å². The van der Waals surface area contributed by atoms with E-state index in [9.17, 15) is 13.8 Å². The highest BCUT2D eigenvalue weighted by Crippen LogP contribution is 1.85. The molecule has 0 saturated heterocycles. The van der Waals surface area contributed by atoms with Gasteiger partial charge in [-0.15, -0.1) is 0 Å². The standard InChI is InChI=1S/C5H10N2O4S/c1-3(8)7-4(5(9)10)2-12(6)11/h4,6,12H,2H2,1H3,(H,7,8)(H,9,10). The molecule has 0 spiro atoms. The van der Waals surface area contributed by atoms with Crippen molar-refractivity contribution >= 4 is 22.5 Å². The first-order valence-corrected chi connectivity index (χ1v) is 4.53. The third-order valence-electron chi connectivity index (χ3n) is 1.02. The molecule has 3 N–H and O–H groups in total.